The summed E-state index contributed by atoms with van der Waals surface area (Å²) in [6.07, 6.45) is -0.693. The van der Waals surface area contributed by atoms with Gasteiger partial charge in [-0.3, -0.25) is 4.79 Å². The SMILES string of the molecule is O=C1CC2CCC(CC1(F)F)S2(=O)=O. The van der Waals surface area contributed by atoms with Crippen molar-refractivity contribution in [1.82, 2.24) is 0 Å². The van der Waals surface area contributed by atoms with E-state index in [9.17, 15) is 22.0 Å². The van der Waals surface area contributed by atoms with Gasteiger partial charge in [0.2, 0.25) is 5.78 Å². The summed E-state index contributed by atoms with van der Waals surface area (Å²) in [7, 11) is -3.47. The summed E-state index contributed by atoms with van der Waals surface area (Å²) in [6, 6.07) is 0. The highest BCUT2D eigenvalue weighted by Gasteiger charge is 2.54. The maximum absolute atomic E-state index is 13.0. The van der Waals surface area contributed by atoms with E-state index in [1.807, 2.05) is 0 Å². The predicted molar refractivity (Wildman–Crippen MR) is 44.9 cm³/mol. The first-order valence-electron chi connectivity index (χ1n) is 4.48. The normalized spacial score (nSPS) is 39.4. The van der Waals surface area contributed by atoms with Crippen LogP contribution in [0.5, 0.6) is 0 Å². The van der Waals surface area contributed by atoms with Gasteiger partial charge in [-0.05, 0) is 12.8 Å². The van der Waals surface area contributed by atoms with E-state index >= 15 is 0 Å². The van der Waals surface area contributed by atoms with Crippen molar-refractivity contribution in [3.05, 3.63) is 0 Å². The van der Waals surface area contributed by atoms with Crippen molar-refractivity contribution in [3.8, 4) is 0 Å². The number of fused-ring (bicyclic) bond motifs is 2. The number of hydrogen-bond donors (Lipinski definition) is 0. The Labute approximate surface area is 80.4 Å². The lowest BCUT2D eigenvalue weighted by Crippen LogP contribution is -2.32. The van der Waals surface area contributed by atoms with Gasteiger partial charge in [-0.2, -0.15) is 8.78 Å². The van der Waals surface area contributed by atoms with Crippen LogP contribution in [0.2, 0.25) is 0 Å². The third kappa shape index (κ3) is 1.27. The van der Waals surface area contributed by atoms with E-state index in [1.165, 1.54) is 0 Å². The fourth-order valence-corrected chi connectivity index (χ4v) is 4.46. The Morgan fingerprint density at radius 1 is 1.21 bits per heavy atom. The molecule has 0 aromatic carbocycles. The molecule has 0 radical (unpaired) electrons. The van der Waals surface area contributed by atoms with Gasteiger partial charge in [0, 0.05) is 12.8 Å². The zero-order chi connectivity index (χ0) is 10.6. The fourth-order valence-electron chi connectivity index (χ4n) is 2.16. The van der Waals surface area contributed by atoms with Gasteiger partial charge >= 0.3 is 5.92 Å². The van der Waals surface area contributed by atoms with Gasteiger partial charge in [-0.15, -0.1) is 0 Å². The van der Waals surface area contributed by atoms with Crippen LogP contribution in [0.4, 0.5) is 8.78 Å². The largest absolute Gasteiger partial charge is 0.306 e. The molecule has 2 aliphatic heterocycles. The van der Waals surface area contributed by atoms with E-state index in [-0.39, 0.29) is 6.42 Å². The van der Waals surface area contributed by atoms with E-state index in [0.717, 1.165) is 0 Å². The number of alkyl halides is 2. The Balaban J connectivity index is 2.42. The molecule has 0 aromatic heterocycles. The lowest BCUT2D eigenvalue weighted by atomic mass is 9.97. The Morgan fingerprint density at radius 2 is 1.79 bits per heavy atom. The summed E-state index contributed by atoms with van der Waals surface area (Å²) in [6.45, 7) is 0. The highest BCUT2D eigenvalue weighted by Crippen LogP contribution is 2.41. The Hall–Kier alpha value is -0.520. The van der Waals surface area contributed by atoms with Crippen LogP contribution < -0.4 is 0 Å². The van der Waals surface area contributed by atoms with Crippen LogP contribution in [0.1, 0.15) is 25.7 Å². The number of carbonyl (C=O) groups is 1. The fraction of sp³-hybridized carbons (Fsp3) is 0.875. The minimum absolute atomic E-state index is 0.274. The minimum atomic E-state index is -3.47. The molecule has 2 atom stereocenters. The molecule has 2 fully saturated rings. The minimum Gasteiger partial charge on any atom is -0.293 e. The van der Waals surface area contributed by atoms with Gasteiger partial charge in [-0.25, -0.2) is 8.42 Å². The number of Topliss-reactive ketones (excluding diaryl/α,β-unsaturated/α-hetero) is 1. The monoisotopic (exact) mass is 224 g/mol. The third-order valence-corrected chi connectivity index (χ3v) is 5.71. The predicted octanol–water partition coefficient (Wildman–Crippen LogP) is 0.930. The van der Waals surface area contributed by atoms with Crippen molar-refractivity contribution in [2.24, 2.45) is 0 Å². The van der Waals surface area contributed by atoms with Crippen molar-refractivity contribution in [2.45, 2.75) is 42.1 Å². The summed E-state index contributed by atoms with van der Waals surface area (Å²) >= 11 is 0. The van der Waals surface area contributed by atoms with E-state index in [1.54, 1.807) is 0 Å². The van der Waals surface area contributed by atoms with Crippen LogP contribution in [-0.4, -0.2) is 30.6 Å². The number of carbonyl (C=O) groups excluding carboxylic acids is 1. The topological polar surface area (TPSA) is 51.2 Å². The molecule has 14 heavy (non-hydrogen) atoms. The number of hydrogen-bond acceptors (Lipinski definition) is 3. The molecule has 2 rings (SSSR count). The third-order valence-electron chi connectivity index (χ3n) is 3.04. The lowest BCUT2D eigenvalue weighted by Gasteiger charge is -2.15. The number of ketones is 1. The summed E-state index contributed by atoms with van der Waals surface area (Å²) < 4.78 is 49.2. The summed E-state index contributed by atoms with van der Waals surface area (Å²) in [5.41, 5.74) is 0. The first-order valence-corrected chi connectivity index (χ1v) is 6.09. The number of rotatable bonds is 0. The maximum Gasteiger partial charge on any atom is 0.306 e. The molecule has 0 amide bonds. The first kappa shape index (κ1) is 10.0. The summed E-state index contributed by atoms with van der Waals surface area (Å²) in [5.74, 6) is -4.65. The second-order valence-corrected chi connectivity index (χ2v) is 6.46. The van der Waals surface area contributed by atoms with Crippen molar-refractivity contribution in [2.75, 3.05) is 0 Å². The van der Waals surface area contributed by atoms with Crippen LogP contribution >= 0.6 is 0 Å². The van der Waals surface area contributed by atoms with Crippen LogP contribution in [0.25, 0.3) is 0 Å². The number of halogens is 2. The molecule has 2 bridgehead atoms. The van der Waals surface area contributed by atoms with Crippen LogP contribution in [0, 0.1) is 0 Å². The van der Waals surface area contributed by atoms with Gasteiger partial charge in [0.25, 0.3) is 0 Å². The van der Waals surface area contributed by atoms with Crippen LogP contribution in [0.15, 0.2) is 0 Å². The van der Waals surface area contributed by atoms with Crippen molar-refractivity contribution in [1.29, 1.82) is 0 Å². The van der Waals surface area contributed by atoms with Gasteiger partial charge in [0.1, 0.15) is 0 Å². The van der Waals surface area contributed by atoms with Crippen LogP contribution in [0.3, 0.4) is 0 Å². The van der Waals surface area contributed by atoms with Crippen molar-refractivity contribution in [3.63, 3.8) is 0 Å². The molecule has 0 N–H and O–H groups in total. The average molecular weight is 224 g/mol. The zero-order valence-corrected chi connectivity index (χ0v) is 8.19. The van der Waals surface area contributed by atoms with Crippen LogP contribution in [-0.2, 0) is 14.6 Å². The van der Waals surface area contributed by atoms with Gasteiger partial charge in [0.15, 0.2) is 9.84 Å². The highest BCUT2D eigenvalue weighted by atomic mass is 32.2. The molecule has 2 aliphatic rings. The standard InChI is InChI=1S/C8H10F2O3S/c9-8(10)4-6-2-1-5(3-7(8)11)14(6,12)13/h5-6H,1-4H2. The molecule has 0 saturated carbocycles. The molecule has 80 valence electrons. The smallest absolute Gasteiger partial charge is 0.293 e. The lowest BCUT2D eigenvalue weighted by molar-refractivity contribution is -0.144. The van der Waals surface area contributed by atoms with E-state index in [0.29, 0.717) is 6.42 Å². The highest BCUT2D eigenvalue weighted by molar-refractivity contribution is 7.93. The van der Waals surface area contributed by atoms with Gasteiger partial charge in [0.05, 0.1) is 10.5 Å². The zero-order valence-electron chi connectivity index (χ0n) is 7.37. The number of sulfone groups is 1. The molecule has 2 unspecified atom stereocenters. The summed E-state index contributed by atoms with van der Waals surface area (Å²) in [5, 5.41) is -1.86. The molecule has 2 saturated heterocycles. The first-order chi connectivity index (χ1) is 6.34. The van der Waals surface area contributed by atoms with Crippen molar-refractivity contribution >= 4 is 15.6 Å². The summed E-state index contributed by atoms with van der Waals surface area (Å²) in [4.78, 5) is 11.0. The Morgan fingerprint density at radius 3 is 2.43 bits per heavy atom. The molecule has 6 heteroatoms. The Kier molecular flexibility index (Phi) is 1.96. The molecule has 0 spiro atoms. The second-order valence-electron chi connectivity index (χ2n) is 3.95. The maximum atomic E-state index is 13.0. The molecular formula is C8H10F2O3S. The molecular weight excluding hydrogens is 214 g/mol. The average Bonchev–Trinajstić information content (AvgIpc) is 2.26. The van der Waals surface area contributed by atoms with Gasteiger partial charge < -0.3 is 0 Å². The van der Waals surface area contributed by atoms with Gasteiger partial charge in [-0.1, -0.05) is 0 Å². The van der Waals surface area contributed by atoms with E-state index in [4.69, 9.17) is 0 Å². The van der Waals surface area contributed by atoms with E-state index in [2.05, 4.69) is 0 Å². The Bertz CT molecular complexity index is 374. The molecule has 2 heterocycles. The second kappa shape index (κ2) is 2.74. The molecule has 0 aromatic rings. The van der Waals surface area contributed by atoms with Crippen molar-refractivity contribution < 1.29 is 22.0 Å². The molecule has 3 nitrogen and oxygen atoms in total. The molecule has 0 aliphatic carbocycles. The van der Waals surface area contributed by atoms with E-state index < -0.39 is 44.9 Å². The quantitative estimate of drug-likeness (QED) is 0.615.